The molecule has 19 aromatic rings. The molecular formula is C81H49N7S. The lowest BCUT2D eigenvalue weighted by Crippen LogP contribution is -2.06. The lowest BCUT2D eigenvalue weighted by Gasteiger charge is -2.11. The van der Waals surface area contributed by atoms with Crippen molar-refractivity contribution < 1.29 is 0 Å². The molecule has 0 aliphatic carbocycles. The van der Waals surface area contributed by atoms with E-state index < -0.39 is 0 Å². The van der Waals surface area contributed by atoms with Gasteiger partial charge in [-0.15, -0.1) is 11.3 Å². The Bertz CT molecular complexity index is 6020. The molecule has 0 N–H and O–H groups in total. The summed E-state index contributed by atoms with van der Waals surface area (Å²) in [6.07, 6.45) is 0. The first-order chi connectivity index (χ1) is 44.1. The predicted molar refractivity (Wildman–Crippen MR) is 372 cm³/mol. The van der Waals surface area contributed by atoms with Crippen molar-refractivity contribution >= 4 is 119 Å². The molecule has 0 fully saturated rings. The zero-order chi connectivity index (χ0) is 58.3. The summed E-state index contributed by atoms with van der Waals surface area (Å²) in [6, 6.07) is 108. The van der Waals surface area contributed by atoms with E-state index in [0.29, 0.717) is 17.6 Å². The molecule has 8 heteroatoms. The Labute approximate surface area is 514 Å². The van der Waals surface area contributed by atoms with Crippen LogP contribution >= 0.6 is 11.3 Å². The number of hydrogen-bond donors (Lipinski definition) is 0. The van der Waals surface area contributed by atoms with Crippen LogP contribution in [-0.2, 0) is 0 Å². The minimum atomic E-state index is 0.559. The molecule has 6 heterocycles. The predicted octanol–water partition coefficient (Wildman–Crippen LogP) is 21.3. The number of benzene rings is 13. The third kappa shape index (κ3) is 7.67. The number of aromatic nitrogens is 7. The van der Waals surface area contributed by atoms with E-state index in [1.807, 2.05) is 47.7 Å². The Morgan fingerprint density at radius 1 is 0.202 bits per heavy atom. The van der Waals surface area contributed by atoms with Crippen molar-refractivity contribution in [1.82, 2.24) is 33.2 Å². The summed E-state index contributed by atoms with van der Waals surface area (Å²) in [6.45, 7) is 0. The summed E-state index contributed by atoms with van der Waals surface area (Å²) in [5, 5.41) is 11.9. The Balaban J connectivity index is 0.793. The van der Waals surface area contributed by atoms with Gasteiger partial charge in [0.25, 0.3) is 0 Å². The van der Waals surface area contributed by atoms with Crippen LogP contribution in [0.4, 0.5) is 0 Å². The first kappa shape index (κ1) is 49.5. The van der Waals surface area contributed by atoms with Crippen LogP contribution in [0.25, 0.3) is 175 Å². The molecule has 6 aromatic heterocycles. The average molecular weight is 1150 g/mol. The molecular weight excluding hydrogens is 1100 g/mol. The molecule has 0 aliphatic rings. The molecule has 0 atom stereocenters. The number of nitrogens with zero attached hydrogens (tertiary/aromatic N) is 7. The fraction of sp³-hybridized carbons (Fsp3) is 0. The molecule has 0 unspecified atom stereocenters. The first-order valence-electron chi connectivity index (χ1n) is 30.2. The van der Waals surface area contributed by atoms with E-state index in [1.54, 1.807) is 0 Å². The van der Waals surface area contributed by atoms with E-state index in [9.17, 15) is 0 Å². The Morgan fingerprint density at radius 3 is 0.921 bits per heavy atom. The third-order valence-electron chi connectivity index (χ3n) is 18.2. The van der Waals surface area contributed by atoms with Gasteiger partial charge in [-0.05, 0) is 144 Å². The van der Waals surface area contributed by atoms with Crippen LogP contribution in [0.3, 0.4) is 0 Å². The molecule has 13 aromatic carbocycles. The van der Waals surface area contributed by atoms with Crippen molar-refractivity contribution in [3.05, 3.63) is 297 Å². The quantitative estimate of drug-likeness (QED) is 0.152. The van der Waals surface area contributed by atoms with Crippen molar-refractivity contribution in [1.29, 1.82) is 0 Å². The highest BCUT2D eigenvalue weighted by molar-refractivity contribution is 7.25. The van der Waals surface area contributed by atoms with Gasteiger partial charge in [0.2, 0.25) is 5.95 Å². The molecule has 0 saturated carbocycles. The van der Waals surface area contributed by atoms with Gasteiger partial charge in [-0.1, -0.05) is 176 Å². The van der Waals surface area contributed by atoms with Gasteiger partial charge in [-0.2, -0.15) is 9.97 Å². The maximum Gasteiger partial charge on any atom is 0.238 e. The van der Waals surface area contributed by atoms with Gasteiger partial charge in [0.15, 0.2) is 11.6 Å². The van der Waals surface area contributed by atoms with Gasteiger partial charge in [0, 0.05) is 91.5 Å². The maximum atomic E-state index is 5.34. The SMILES string of the molecule is c1ccc(-c2nc(-c3ccccc3)nc(-n3c4ccc(-c5ccc6sc7ccc(-c8ccc9c(c8)c8cc%10c(cc8n9-c8ccccc8)c8ccccc8n%10-c8ccccc8)cc7c6c5)cc4c4cc5c(cc43)c3ccccc3n5-c3ccccc3)n2)cc1. The molecule has 0 radical (unpaired) electrons. The fourth-order valence-electron chi connectivity index (χ4n) is 14.1. The second kappa shape index (κ2) is 19.4. The van der Waals surface area contributed by atoms with E-state index in [4.69, 9.17) is 15.0 Å². The average Bonchev–Trinajstić information content (AvgIpc) is 1.64. The summed E-state index contributed by atoms with van der Waals surface area (Å²) in [5.41, 5.74) is 18.9. The molecule has 0 spiro atoms. The second-order valence-corrected chi connectivity index (χ2v) is 24.2. The highest BCUT2D eigenvalue weighted by Gasteiger charge is 2.24. The summed E-state index contributed by atoms with van der Waals surface area (Å²) in [5.74, 6) is 1.79. The van der Waals surface area contributed by atoms with Crippen LogP contribution in [0.2, 0.25) is 0 Å². The number of para-hydroxylation sites is 5. The summed E-state index contributed by atoms with van der Waals surface area (Å²) in [7, 11) is 0. The van der Waals surface area contributed by atoms with Crippen molar-refractivity contribution in [2.75, 3.05) is 0 Å². The van der Waals surface area contributed by atoms with Gasteiger partial charge in [-0.3, -0.25) is 4.57 Å². The van der Waals surface area contributed by atoms with E-state index in [2.05, 4.69) is 279 Å². The fourth-order valence-corrected chi connectivity index (χ4v) is 15.2. The first-order valence-corrected chi connectivity index (χ1v) is 31.0. The van der Waals surface area contributed by atoms with Crippen molar-refractivity contribution in [2.24, 2.45) is 0 Å². The van der Waals surface area contributed by atoms with Crippen molar-refractivity contribution in [3.63, 3.8) is 0 Å². The molecule has 0 aliphatic heterocycles. The van der Waals surface area contributed by atoms with Crippen LogP contribution in [0, 0.1) is 0 Å². The Hall–Kier alpha value is -11.7. The normalized spacial score (nSPS) is 12.0. The zero-order valence-electron chi connectivity index (χ0n) is 47.8. The smallest absolute Gasteiger partial charge is 0.238 e. The van der Waals surface area contributed by atoms with Crippen molar-refractivity contribution in [2.45, 2.75) is 0 Å². The van der Waals surface area contributed by atoms with Crippen LogP contribution in [0.5, 0.6) is 0 Å². The van der Waals surface area contributed by atoms with Crippen molar-refractivity contribution in [3.8, 4) is 68.0 Å². The number of rotatable bonds is 8. The topological polar surface area (TPSA) is 58.4 Å². The second-order valence-electron chi connectivity index (χ2n) is 23.2. The number of thiophene rings is 1. The van der Waals surface area contributed by atoms with Crippen LogP contribution < -0.4 is 0 Å². The Morgan fingerprint density at radius 2 is 0.506 bits per heavy atom. The summed E-state index contributed by atoms with van der Waals surface area (Å²) < 4.78 is 12.0. The van der Waals surface area contributed by atoms with E-state index >= 15 is 0 Å². The maximum absolute atomic E-state index is 5.34. The summed E-state index contributed by atoms with van der Waals surface area (Å²) >= 11 is 1.85. The number of hydrogen-bond acceptors (Lipinski definition) is 4. The van der Waals surface area contributed by atoms with Gasteiger partial charge in [0.05, 0.1) is 44.1 Å². The monoisotopic (exact) mass is 1150 g/mol. The minimum Gasteiger partial charge on any atom is -0.309 e. The van der Waals surface area contributed by atoms with E-state index in [0.717, 1.165) is 77.5 Å². The Kier molecular flexibility index (Phi) is 10.8. The van der Waals surface area contributed by atoms with Crippen LogP contribution in [0.1, 0.15) is 0 Å². The van der Waals surface area contributed by atoms with E-state index in [1.165, 1.54) is 80.3 Å². The molecule has 19 rings (SSSR count). The number of fused-ring (bicyclic) bond motifs is 15. The lowest BCUT2D eigenvalue weighted by atomic mass is 9.98. The largest absolute Gasteiger partial charge is 0.309 e. The highest BCUT2D eigenvalue weighted by atomic mass is 32.1. The molecule has 414 valence electrons. The minimum absolute atomic E-state index is 0.559. The summed E-state index contributed by atoms with van der Waals surface area (Å²) in [4.78, 5) is 15.8. The molecule has 0 saturated heterocycles. The molecule has 7 nitrogen and oxygen atoms in total. The molecule has 89 heavy (non-hydrogen) atoms. The third-order valence-corrected chi connectivity index (χ3v) is 19.3. The lowest BCUT2D eigenvalue weighted by molar-refractivity contribution is 0.954. The van der Waals surface area contributed by atoms with Gasteiger partial charge in [-0.25, -0.2) is 4.98 Å². The standard InChI is InChI=1S/C81H49N7S/c1-6-20-50(21-7-1)79-82-80(51-22-8-2-9-23-51)84-81(83-79)88-72-39-35-53(43-62(72)66-49-74-64(47-76(66)88)60-31-17-19-33-70(60)86(74)57-26-12-4-13-27-57)55-37-41-78-68(45-55)67-44-54(36-40-77(67)89-78)52-34-38-71-61(42-52)65-48-73-63(46-75(65)87(71)58-28-14-5-15-29-58)59-30-16-18-32-69(59)85(73)56-24-10-3-11-25-56/h1-49H. The molecule has 0 amide bonds. The molecule has 0 bridgehead atoms. The van der Waals surface area contributed by atoms with Gasteiger partial charge < -0.3 is 13.7 Å². The van der Waals surface area contributed by atoms with Gasteiger partial charge in [0.1, 0.15) is 0 Å². The zero-order valence-corrected chi connectivity index (χ0v) is 48.6. The van der Waals surface area contributed by atoms with Gasteiger partial charge >= 0.3 is 0 Å². The van der Waals surface area contributed by atoms with E-state index in [-0.39, 0.29) is 0 Å². The van der Waals surface area contributed by atoms with Crippen LogP contribution in [0.15, 0.2) is 297 Å². The van der Waals surface area contributed by atoms with Crippen LogP contribution in [-0.4, -0.2) is 33.2 Å². The highest BCUT2D eigenvalue weighted by Crippen LogP contribution is 2.45.